The minimum atomic E-state index is -0.487. The van der Waals surface area contributed by atoms with Gasteiger partial charge >= 0.3 is 0 Å². The number of nitrogens with two attached hydrogens (primary N) is 1. The SMILES string of the molecule is NC(=O)c1ccc(NC(=O)CSC2=NCCN2)cc1. The quantitative estimate of drug-likeness (QED) is 0.743. The molecule has 0 aromatic heterocycles. The minimum Gasteiger partial charge on any atom is -0.366 e. The van der Waals surface area contributed by atoms with Crippen molar-refractivity contribution >= 4 is 34.4 Å². The lowest BCUT2D eigenvalue weighted by Crippen LogP contribution is -2.20. The number of carbonyl (C=O) groups is 2. The Kier molecular flexibility index (Phi) is 4.40. The van der Waals surface area contributed by atoms with Crippen LogP contribution in [0.2, 0.25) is 0 Å². The van der Waals surface area contributed by atoms with Crippen LogP contribution in [0.5, 0.6) is 0 Å². The first-order valence-electron chi connectivity index (χ1n) is 5.76. The number of nitrogens with zero attached hydrogens (tertiary/aromatic N) is 1. The van der Waals surface area contributed by atoms with Crippen LogP contribution < -0.4 is 16.4 Å². The van der Waals surface area contributed by atoms with Gasteiger partial charge in [0.15, 0.2) is 5.17 Å². The van der Waals surface area contributed by atoms with Crippen LogP contribution in [-0.2, 0) is 4.79 Å². The van der Waals surface area contributed by atoms with Crippen molar-refractivity contribution < 1.29 is 9.59 Å². The monoisotopic (exact) mass is 278 g/mol. The predicted molar refractivity (Wildman–Crippen MR) is 76.4 cm³/mol. The Morgan fingerprint density at radius 2 is 2.11 bits per heavy atom. The number of carbonyl (C=O) groups excluding carboxylic acids is 2. The number of hydrogen-bond donors (Lipinski definition) is 3. The minimum absolute atomic E-state index is 0.117. The lowest BCUT2D eigenvalue weighted by Gasteiger charge is -2.05. The fourth-order valence-electron chi connectivity index (χ4n) is 1.52. The van der Waals surface area contributed by atoms with Crippen molar-refractivity contribution in [2.24, 2.45) is 10.7 Å². The van der Waals surface area contributed by atoms with Crippen molar-refractivity contribution in [2.45, 2.75) is 0 Å². The van der Waals surface area contributed by atoms with Crippen LogP contribution in [0.4, 0.5) is 5.69 Å². The zero-order valence-corrected chi connectivity index (χ0v) is 11.0. The highest BCUT2D eigenvalue weighted by atomic mass is 32.2. The predicted octanol–water partition coefficient (Wildman–Crippen LogP) is 0.416. The van der Waals surface area contributed by atoms with Crippen molar-refractivity contribution in [3.63, 3.8) is 0 Å². The van der Waals surface area contributed by atoms with Gasteiger partial charge in [-0.25, -0.2) is 0 Å². The summed E-state index contributed by atoms with van der Waals surface area (Å²) >= 11 is 1.37. The summed E-state index contributed by atoms with van der Waals surface area (Å²) < 4.78 is 0. The van der Waals surface area contributed by atoms with Gasteiger partial charge in [0.1, 0.15) is 0 Å². The summed E-state index contributed by atoms with van der Waals surface area (Å²) in [6.45, 7) is 1.59. The molecule has 6 nitrogen and oxygen atoms in total. The van der Waals surface area contributed by atoms with Gasteiger partial charge in [0.25, 0.3) is 0 Å². The fraction of sp³-hybridized carbons (Fsp3) is 0.250. The van der Waals surface area contributed by atoms with Crippen LogP contribution >= 0.6 is 11.8 Å². The van der Waals surface area contributed by atoms with Gasteiger partial charge in [0.05, 0.1) is 12.3 Å². The lowest BCUT2D eigenvalue weighted by atomic mass is 10.2. The maximum absolute atomic E-state index is 11.7. The summed E-state index contributed by atoms with van der Waals surface area (Å²) in [7, 11) is 0. The molecule has 7 heteroatoms. The molecule has 0 atom stereocenters. The third kappa shape index (κ3) is 3.99. The first-order valence-corrected chi connectivity index (χ1v) is 6.74. The molecule has 1 aromatic rings. The molecule has 1 heterocycles. The number of amidine groups is 1. The molecule has 1 aliphatic heterocycles. The van der Waals surface area contributed by atoms with Gasteiger partial charge in [-0.3, -0.25) is 14.6 Å². The first kappa shape index (κ1) is 13.4. The second kappa shape index (κ2) is 6.24. The van der Waals surface area contributed by atoms with E-state index in [1.807, 2.05) is 0 Å². The molecule has 1 aromatic carbocycles. The molecule has 0 saturated carbocycles. The molecule has 100 valence electrons. The van der Waals surface area contributed by atoms with Crippen molar-refractivity contribution in [3.05, 3.63) is 29.8 Å². The molecule has 0 spiro atoms. The molecule has 0 unspecified atom stereocenters. The van der Waals surface area contributed by atoms with E-state index in [-0.39, 0.29) is 5.91 Å². The van der Waals surface area contributed by atoms with E-state index < -0.39 is 5.91 Å². The van der Waals surface area contributed by atoms with Gasteiger partial charge in [-0.1, -0.05) is 11.8 Å². The Hall–Kier alpha value is -2.02. The summed E-state index contributed by atoms with van der Waals surface area (Å²) in [6, 6.07) is 6.45. The largest absolute Gasteiger partial charge is 0.366 e. The van der Waals surface area contributed by atoms with Crippen LogP contribution in [0.15, 0.2) is 29.3 Å². The Labute approximate surface area is 114 Å². The number of amides is 2. The van der Waals surface area contributed by atoms with Crippen LogP contribution in [0.1, 0.15) is 10.4 Å². The third-order valence-corrected chi connectivity index (χ3v) is 3.39. The highest BCUT2D eigenvalue weighted by Gasteiger charge is 2.09. The zero-order valence-electron chi connectivity index (χ0n) is 10.2. The second-order valence-corrected chi connectivity index (χ2v) is 4.86. The smallest absolute Gasteiger partial charge is 0.248 e. The molecule has 0 bridgehead atoms. The fourth-order valence-corrected chi connectivity index (χ4v) is 2.25. The first-order chi connectivity index (χ1) is 9.15. The molecule has 0 fully saturated rings. The molecule has 4 N–H and O–H groups in total. The third-order valence-electron chi connectivity index (χ3n) is 2.44. The topological polar surface area (TPSA) is 96.6 Å². The van der Waals surface area contributed by atoms with E-state index in [1.54, 1.807) is 24.3 Å². The molecule has 0 aliphatic carbocycles. The number of aliphatic imine (C=N–C) groups is 1. The van der Waals surface area contributed by atoms with Crippen LogP contribution in [-0.4, -0.2) is 35.8 Å². The highest BCUT2D eigenvalue weighted by molar-refractivity contribution is 8.14. The number of thioether (sulfide) groups is 1. The molecule has 2 rings (SSSR count). The van der Waals surface area contributed by atoms with Crippen LogP contribution in [0.3, 0.4) is 0 Å². The number of nitrogens with one attached hydrogen (secondary N) is 2. The maximum Gasteiger partial charge on any atom is 0.248 e. The summed E-state index contributed by atoms with van der Waals surface area (Å²) in [5, 5.41) is 6.62. The van der Waals surface area contributed by atoms with E-state index >= 15 is 0 Å². The highest BCUT2D eigenvalue weighted by Crippen LogP contribution is 2.11. The average molecular weight is 278 g/mol. The molecule has 0 radical (unpaired) electrons. The van der Waals surface area contributed by atoms with Crippen molar-refractivity contribution in [2.75, 3.05) is 24.2 Å². The van der Waals surface area contributed by atoms with Gasteiger partial charge in [-0.15, -0.1) is 0 Å². The van der Waals surface area contributed by atoms with E-state index in [1.165, 1.54) is 11.8 Å². The van der Waals surface area contributed by atoms with Gasteiger partial charge < -0.3 is 16.4 Å². The van der Waals surface area contributed by atoms with Crippen LogP contribution in [0, 0.1) is 0 Å². The van der Waals surface area contributed by atoms with Gasteiger partial charge in [-0.2, -0.15) is 0 Å². The van der Waals surface area contributed by atoms with Crippen molar-refractivity contribution in [3.8, 4) is 0 Å². The molecular weight excluding hydrogens is 264 g/mol. The maximum atomic E-state index is 11.7. The van der Waals surface area contributed by atoms with Gasteiger partial charge in [0.2, 0.25) is 11.8 Å². The number of anilines is 1. The van der Waals surface area contributed by atoms with E-state index in [0.29, 0.717) is 17.0 Å². The van der Waals surface area contributed by atoms with E-state index in [0.717, 1.165) is 18.3 Å². The van der Waals surface area contributed by atoms with E-state index in [2.05, 4.69) is 15.6 Å². The summed E-state index contributed by atoms with van der Waals surface area (Å²) in [5.41, 5.74) is 6.18. The average Bonchev–Trinajstić information content (AvgIpc) is 2.90. The molecule has 19 heavy (non-hydrogen) atoms. The summed E-state index contributed by atoms with van der Waals surface area (Å²) in [4.78, 5) is 26.8. The Morgan fingerprint density at radius 3 is 2.68 bits per heavy atom. The van der Waals surface area contributed by atoms with E-state index in [9.17, 15) is 9.59 Å². The normalized spacial score (nSPS) is 13.6. The van der Waals surface area contributed by atoms with Gasteiger partial charge in [-0.05, 0) is 24.3 Å². The Bertz CT molecular complexity index is 513. The number of hydrogen-bond acceptors (Lipinski definition) is 5. The molecular formula is C12H14N4O2S. The molecule has 0 saturated heterocycles. The Morgan fingerprint density at radius 1 is 1.37 bits per heavy atom. The summed E-state index contributed by atoms with van der Waals surface area (Å²) in [6.07, 6.45) is 0. The zero-order chi connectivity index (χ0) is 13.7. The molecule has 1 aliphatic rings. The Balaban J connectivity index is 1.82. The van der Waals surface area contributed by atoms with Crippen molar-refractivity contribution in [1.82, 2.24) is 5.32 Å². The number of primary amides is 1. The lowest BCUT2D eigenvalue weighted by molar-refractivity contribution is -0.113. The van der Waals surface area contributed by atoms with Crippen LogP contribution in [0.25, 0.3) is 0 Å². The van der Waals surface area contributed by atoms with E-state index in [4.69, 9.17) is 5.73 Å². The van der Waals surface area contributed by atoms with Crippen molar-refractivity contribution in [1.29, 1.82) is 0 Å². The number of rotatable bonds is 4. The number of benzene rings is 1. The second-order valence-electron chi connectivity index (χ2n) is 3.89. The standard InChI is InChI=1S/C12H14N4O2S/c13-11(18)8-1-3-9(4-2-8)16-10(17)7-19-12-14-5-6-15-12/h1-4H,5-7H2,(H2,13,18)(H,14,15)(H,16,17). The summed E-state index contributed by atoms with van der Waals surface area (Å²) in [5.74, 6) is -0.310. The molecule has 2 amide bonds. The van der Waals surface area contributed by atoms with Gasteiger partial charge in [0, 0.05) is 17.8 Å².